The van der Waals surface area contributed by atoms with Gasteiger partial charge in [-0.2, -0.15) is 0 Å². The Morgan fingerprint density at radius 1 is 1.06 bits per heavy atom. The number of morpholine rings is 1. The van der Waals surface area contributed by atoms with Crippen molar-refractivity contribution in [3.63, 3.8) is 0 Å². The molecule has 51 heavy (non-hydrogen) atoms. The van der Waals surface area contributed by atoms with Crippen LogP contribution in [-0.2, 0) is 25.5 Å². The minimum atomic E-state index is -0.113. The SMILES string of the molecule is CCC(C)CCN1CCOCC1.CCCPCCCCC1(C=O)CCCC1.CNC(Cc1ccc(-c2c(C)ccnc2C)cc1)C(C)=O.NC=O. The highest BCUT2D eigenvalue weighted by Gasteiger charge is 2.32. The predicted molar refractivity (Wildman–Crippen MR) is 217 cm³/mol. The lowest BCUT2D eigenvalue weighted by Gasteiger charge is -2.27. The van der Waals surface area contributed by atoms with E-state index in [1.807, 2.05) is 26.2 Å². The number of aryl methyl sites for hydroxylation is 2. The zero-order chi connectivity index (χ0) is 37.9. The number of rotatable bonds is 17. The second-order valence-corrected chi connectivity index (χ2v) is 15.7. The lowest BCUT2D eigenvalue weighted by atomic mass is 9.83. The zero-order valence-electron chi connectivity index (χ0n) is 33.1. The number of aromatic nitrogens is 1. The second-order valence-electron chi connectivity index (χ2n) is 14.2. The summed E-state index contributed by atoms with van der Waals surface area (Å²) in [5.41, 5.74) is 10.1. The lowest BCUT2D eigenvalue weighted by molar-refractivity contribution is -0.119. The van der Waals surface area contributed by atoms with E-state index in [2.05, 4.69) is 72.9 Å². The first-order valence-electron chi connectivity index (χ1n) is 19.4. The fourth-order valence-corrected chi connectivity index (χ4v) is 7.69. The number of likely N-dealkylation sites (N-methyl/N-ethyl adjacent to an activating group) is 1. The zero-order valence-corrected chi connectivity index (χ0v) is 34.1. The van der Waals surface area contributed by atoms with Crippen LogP contribution in [-0.4, -0.2) is 86.6 Å². The summed E-state index contributed by atoms with van der Waals surface area (Å²) < 4.78 is 5.29. The lowest BCUT2D eigenvalue weighted by Crippen LogP contribution is -2.37. The van der Waals surface area contributed by atoms with E-state index in [1.54, 1.807) is 6.92 Å². The van der Waals surface area contributed by atoms with Crippen molar-refractivity contribution in [1.29, 1.82) is 0 Å². The Bertz CT molecular complexity index is 1190. The van der Waals surface area contributed by atoms with Gasteiger partial charge in [0.2, 0.25) is 6.41 Å². The molecular formula is C42H71N4O4P. The van der Waals surface area contributed by atoms with Gasteiger partial charge in [0.25, 0.3) is 0 Å². The standard InChI is InChI=1S/C18H22N2O.C13H25OP.C10H21NO.CH3NO/c1-12-9-10-20-13(2)18(12)16-7-5-15(6-8-16)11-17(19-4)14(3)21;1-2-10-15-11-6-5-9-13(12-14)7-3-4-8-13;1-3-10(2)4-5-11-6-8-12-9-7-11;2-1-3/h5-10,17,19H,11H2,1-4H3;12,15H,2-11H2,1H3;10H,3-9H2,1-2H3;1H,(H2,2,3). The van der Waals surface area contributed by atoms with E-state index in [0.29, 0.717) is 0 Å². The molecule has 1 saturated carbocycles. The van der Waals surface area contributed by atoms with Crippen LogP contribution >= 0.6 is 8.58 Å². The largest absolute Gasteiger partial charge is 0.379 e. The van der Waals surface area contributed by atoms with Gasteiger partial charge in [-0.1, -0.05) is 77.1 Å². The molecule has 9 heteroatoms. The quantitative estimate of drug-likeness (QED) is 0.0967. The molecule has 1 aromatic carbocycles. The van der Waals surface area contributed by atoms with Gasteiger partial charge < -0.3 is 20.6 Å². The second kappa shape index (κ2) is 28.1. The molecule has 3 atom stereocenters. The number of Topliss-reactive ketones (excluding diaryl/α,β-unsaturated/α-hetero) is 1. The van der Waals surface area contributed by atoms with E-state index >= 15 is 0 Å². The maximum Gasteiger partial charge on any atom is 0.204 e. The predicted octanol–water partition coefficient (Wildman–Crippen LogP) is 7.95. The van der Waals surface area contributed by atoms with Crippen molar-refractivity contribution in [2.45, 2.75) is 118 Å². The number of unbranched alkanes of at least 4 members (excludes halogenated alkanes) is 1. The fraction of sp³-hybridized carbons (Fsp3) is 0.667. The molecule has 1 amide bonds. The van der Waals surface area contributed by atoms with Gasteiger partial charge in [0.1, 0.15) is 12.1 Å². The van der Waals surface area contributed by atoms with E-state index in [1.165, 1.54) is 86.8 Å². The van der Waals surface area contributed by atoms with Crippen molar-refractivity contribution in [2.75, 3.05) is 52.2 Å². The molecule has 0 spiro atoms. The van der Waals surface area contributed by atoms with Crippen LogP contribution in [0, 0.1) is 25.2 Å². The normalized spacial score (nSPS) is 16.5. The molecule has 2 aliphatic rings. The number of pyridine rings is 1. The molecule has 288 valence electrons. The van der Waals surface area contributed by atoms with Crippen LogP contribution in [0.25, 0.3) is 11.1 Å². The van der Waals surface area contributed by atoms with Crippen molar-refractivity contribution < 1.29 is 19.1 Å². The molecule has 0 radical (unpaired) electrons. The maximum atomic E-state index is 11.5. The van der Waals surface area contributed by atoms with E-state index in [0.717, 1.165) is 77.7 Å². The summed E-state index contributed by atoms with van der Waals surface area (Å²) in [6.07, 6.45) is 19.5. The van der Waals surface area contributed by atoms with E-state index < -0.39 is 0 Å². The molecule has 2 heterocycles. The van der Waals surface area contributed by atoms with Crippen LogP contribution in [0.3, 0.4) is 0 Å². The van der Waals surface area contributed by atoms with Crippen LogP contribution in [0.5, 0.6) is 0 Å². The summed E-state index contributed by atoms with van der Waals surface area (Å²) in [4.78, 5) is 38.0. The number of primary amides is 1. The van der Waals surface area contributed by atoms with Crippen molar-refractivity contribution >= 4 is 27.1 Å². The van der Waals surface area contributed by atoms with Gasteiger partial charge >= 0.3 is 0 Å². The van der Waals surface area contributed by atoms with Gasteiger partial charge in [-0.3, -0.25) is 19.5 Å². The monoisotopic (exact) mass is 727 g/mol. The molecule has 1 aliphatic carbocycles. The molecule has 2 fully saturated rings. The molecule has 4 rings (SSSR count). The van der Waals surface area contributed by atoms with E-state index in [-0.39, 0.29) is 23.7 Å². The number of ketones is 1. The Morgan fingerprint density at radius 2 is 1.71 bits per heavy atom. The summed E-state index contributed by atoms with van der Waals surface area (Å²) in [6.45, 7) is 18.0. The van der Waals surface area contributed by atoms with E-state index in [4.69, 9.17) is 9.53 Å². The highest BCUT2D eigenvalue weighted by molar-refractivity contribution is 7.37. The first-order chi connectivity index (χ1) is 24.6. The van der Waals surface area contributed by atoms with Gasteiger partial charge in [0.05, 0.1) is 19.3 Å². The molecule has 3 N–H and O–H groups in total. The number of amides is 1. The Kier molecular flexibility index (Phi) is 25.6. The minimum absolute atomic E-state index is 0.105. The van der Waals surface area contributed by atoms with Crippen molar-refractivity contribution in [1.82, 2.24) is 15.2 Å². The molecule has 0 bridgehead atoms. The highest BCUT2D eigenvalue weighted by atomic mass is 31.1. The third-order valence-corrected chi connectivity index (χ3v) is 11.7. The van der Waals surface area contributed by atoms with Gasteiger partial charge in [-0.05, 0) is 114 Å². The molecule has 3 unspecified atom stereocenters. The first kappa shape index (κ1) is 46.5. The summed E-state index contributed by atoms with van der Waals surface area (Å²) in [5, 5.41) is 3.05. The first-order valence-corrected chi connectivity index (χ1v) is 20.8. The molecule has 1 saturated heterocycles. The number of hydrogen-bond acceptors (Lipinski definition) is 7. The van der Waals surface area contributed by atoms with Gasteiger partial charge in [-0.15, -0.1) is 8.58 Å². The van der Waals surface area contributed by atoms with Crippen molar-refractivity contribution in [3.05, 3.63) is 53.3 Å². The summed E-state index contributed by atoms with van der Waals surface area (Å²) in [7, 11) is 2.98. The van der Waals surface area contributed by atoms with Gasteiger partial charge in [0, 0.05) is 36.0 Å². The number of nitrogens with one attached hydrogen (secondary N) is 1. The molecule has 1 aliphatic heterocycles. The topological polar surface area (TPSA) is 115 Å². The Morgan fingerprint density at radius 3 is 2.24 bits per heavy atom. The summed E-state index contributed by atoms with van der Waals surface area (Å²) >= 11 is 0. The number of hydrogen-bond donors (Lipinski definition) is 2. The molecule has 8 nitrogen and oxygen atoms in total. The number of ether oxygens (including phenoxy) is 1. The van der Waals surface area contributed by atoms with Crippen LogP contribution in [0.15, 0.2) is 36.5 Å². The van der Waals surface area contributed by atoms with Crippen LogP contribution in [0.2, 0.25) is 0 Å². The van der Waals surface area contributed by atoms with Crippen molar-refractivity contribution in [3.8, 4) is 11.1 Å². The fourth-order valence-electron chi connectivity index (χ4n) is 6.59. The Balaban J connectivity index is 0.000000382. The molecular weight excluding hydrogens is 655 g/mol. The third-order valence-electron chi connectivity index (χ3n) is 10.2. The van der Waals surface area contributed by atoms with Crippen LogP contribution < -0.4 is 11.1 Å². The summed E-state index contributed by atoms with van der Waals surface area (Å²) in [5.74, 6) is 1.05. The van der Waals surface area contributed by atoms with Gasteiger partial charge in [-0.25, -0.2) is 0 Å². The van der Waals surface area contributed by atoms with Gasteiger partial charge in [0.15, 0.2) is 0 Å². The number of nitrogens with two attached hydrogens (primary N) is 1. The molecule has 2 aromatic rings. The number of benzene rings is 1. The smallest absolute Gasteiger partial charge is 0.204 e. The number of nitrogens with zero attached hydrogens (tertiary/aromatic N) is 2. The Hall–Kier alpha value is -2.51. The number of aldehydes is 1. The Labute approximate surface area is 312 Å². The van der Waals surface area contributed by atoms with Crippen LogP contribution in [0.1, 0.15) is 109 Å². The number of carbonyl (C=O) groups excluding carboxylic acids is 3. The molecule has 1 aromatic heterocycles. The average Bonchev–Trinajstić information content (AvgIpc) is 3.62. The highest BCUT2D eigenvalue weighted by Crippen LogP contribution is 2.40. The van der Waals surface area contributed by atoms with Crippen molar-refractivity contribution in [2.24, 2.45) is 17.1 Å². The summed E-state index contributed by atoms with van der Waals surface area (Å²) in [6, 6.07) is 10.3. The van der Waals surface area contributed by atoms with E-state index in [9.17, 15) is 9.59 Å². The minimum Gasteiger partial charge on any atom is -0.379 e. The average molecular weight is 727 g/mol. The third kappa shape index (κ3) is 19.2. The van der Waals surface area contributed by atoms with Crippen LogP contribution in [0.4, 0.5) is 0 Å². The number of carbonyl (C=O) groups is 3. The maximum absolute atomic E-state index is 11.5.